The van der Waals surface area contributed by atoms with Crippen LogP contribution >= 0.6 is 23.2 Å². The van der Waals surface area contributed by atoms with E-state index in [1.807, 2.05) is 0 Å². The molecule has 2 rings (SSSR count). The van der Waals surface area contributed by atoms with Gasteiger partial charge < -0.3 is 9.64 Å². The minimum absolute atomic E-state index is 0.0211. The number of likely N-dealkylation sites (tertiary alicyclic amines) is 1. The SMILES string of the molecule is COc1ccc(S(=O)(=O)NCCCN2CC(C)CC(C)C2)c(Cl)c1Cl. The summed E-state index contributed by atoms with van der Waals surface area (Å²) in [7, 11) is -2.25. The van der Waals surface area contributed by atoms with E-state index in [0.29, 0.717) is 24.1 Å². The summed E-state index contributed by atoms with van der Waals surface area (Å²) in [4.78, 5) is 2.38. The Morgan fingerprint density at radius 3 is 2.44 bits per heavy atom. The smallest absolute Gasteiger partial charge is 0.242 e. The number of nitrogens with one attached hydrogen (secondary N) is 1. The first-order chi connectivity index (χ1) is 11.7. The number of hydrogen-bond donors (Lipinski definition) is 1. The Labute approximate surface area is 160 Å². The molecule has 0 saturated carbocycles. The summed E-state index contributed by atoms with van der Waals surface area (Å²) in [5.74, 6) is 1.74. The maximum Gasteiger partial charge on any atom is 0.242 e. The second-order valence-corrected chi connectivity index (χ2v) is 9.34. The summed E-state index contributed by atoms with van der Waals surface area (Å²) in [5.41, 5.74) is 0. The lowest BCUT2D eigenvalue weighted by molar-refractivity contribution is 0.140. The summed E-state index contributed by atoms with van der Waals surface area (Å²) in [6.07, 6.45) is 2.01. The van der Waals surface area contributed by atoms with Crippen molar-refractivity contribution in [1.82, 2.24) is 9.62 Å². The maximum absolute atomic E-state index is 12.5. The van der Waals surface area contributed by atoms with Gasteiger partial charge in [-0.2, -0.15) is 0 Å². The highest BCUT2D eigenvalue weighted by atomic mass is 35.5. The lowest BCUT2D eigenvalue weighted by atomic mass is 9.92. The molecule has 1 aromatic rings. The standard InChI is InChI=1S/C17H26Cl2N2O3S/c1-12-9-13(2)11-21(10-12)8-4-7-20-25(22,23)15-6-5-14(24-3)16(18)17(15)19/h5-6,12-13,20H,4,7-11H2,1-3H3. The Balaban J connectivity index is 1.91. The van der Waals surface area contributed by atoms with Crippen LogP contribution in [0, 0.1) is 11.8 Å². The van der Waals surface area contributed by atoms with Crippen molar-refractivity contribution in [2.24, 2.45) is 11.8 Å². The molecule has 5 nitrogen and oxygen atoms in total. The molecule has 1 saturated heterocycles. The largest absolute Gasteiger partial charge is 0.495 e. The molecule has 0 aromatic heterocycles. The monoisotopic (exact) mass is 408 g/mol. The first kappa shape index (κ1) is 20.8. The van der Waals surface area contributed by atoms with E-state index in [9.17, 15) is 8.42 Å². The number of halogens is 2. The zero-order valence-electron chi connectivity index (χ0n) is 14.9. The summed E-state index contributed by atoms with van der Waals surface area (Å²) < 4.78 is 32.5. The van der Waals surface area contributed by atoms with Gasteiger partial charge in [-0.15, -0.1) is 0 Å². The number of hydrogen-bond acceptors (Lipinski definition) is 4. The summed E-state index contributed by atoms with van der Waals surface area (Å²) in [6.45, 7) is 7.94. The summed E-state index contributed by atoms with van der Waals surface area (Å²) in [6, 6.07) is 2.91. The Hall–Kier alpha value is -0.530. The minimum atomic E-state index is -3.70. The number of ether oxygens (including phenoxy) is 1. The highest BCUT2D eigenvalue weighted by Gasteiger charge is 2.23. The predicted octanol–water partition coefficient (Wildman–Crippen LogP) is 3.65. The number of benzene rings is 1. The van der Waals surface area contributed by atoms with Crippen LogP contribution in [0.25, 0.3) is 0 Å². The van der Waals surface area contributed by atoms with E-state index in [1.54, 1.807) is 0 Å². The van der Waals surface area contributed by atoms with Crippen molar-refractivity contribution in [3.05, 3.63) is 22.2 Å². The molecule has 0 radical (unpaired) electrons. The molecule has 1 aromatic carbocycles. The second kappa shape index (κ2) is 8.91. The predicted molar refractivity (Wildman–Crippen MR) is 102 cm³/mol. The van der Waals surface area contributed by atoms with Crippen LogP contribution in [0.4, 0.5) is 0 Å². The van der Waals surface area contributed by atoms with Gasteiger partial charge in [-0.1, -0.05) is 37.0 Å². The molecule has 2 atom stereocenters. The first-order valence-corrected chi connectivity index (χ1v) is 10.7. The van der Waals surface area contributed by atoms with E-state index in [-0.39, 0.29) is 14.9 Å². The number of rotatable bonds is 7. The van der Waals surface area contributed by atoms with Gasteiger partial charge in [-0.05, 0) is 43.4 Å². The molecule has 1 heterocycles. The zero-order chi connectivity index (χ0) is 18.6. The quantitative estimate of drug-likeness (QED) is 0.699. The van der Waals surface area contributed by atoms with Gasteiger partial charge in [0.25, 0.3) is 0 Å². The van der Waals surface area contributed by atoms with Crippen LogP contribution < -0.4 is 9.46 Å². The number of sulfonamides is 1. The van der Waals surface area contributed by atoms with Crippen LogP contribution in [0.1, 0.15) is 26.7 Å². The molecule has 1 aliphatic heterocycles. The van der Waals surface area contributed by atoms with Gasteiger partial charge in [0.05, 0.1) is 12.1 Å². The van der Waals surface area contributed by atoms with Crippen LogP contribution in [0.5, 0.6) is 5.75 Å². The van der Waals surface area contributed by atoms with Crippen molar-refractivity contribution >= 4 is 33.2 Å². The van der Waals surface area contributed by atoms with Crippen LogP contribution in [0.2, 0.25) is 10.0 Å². The van der Waals surface area contributed by atoms with Gasteiger partial charge in [-0.3, -0.25) is 0 Å². The van der Waals surface area contributed by atoms with Crippen LogP contribution in [-0.2, 0) is 10.0 Å². The van der Waals surface area contributed by atoms with E-state index in [2.05, 4.69) is 23.5 Å². The molecule has 142 valence electrons. The normalized spacial score (nSPS) is 22.1. The lowest BCUT2D eigenvalue weighted by Gasteiger charge is -2.34. The lowest BCUT2D eigenvalue weighted by Crippen LogP contribution is -2.40. The van der Waals surface area contributed by atoms with Crippen molar-refractivity contribution in [3.8, 4) is 5.75 Å². The van der Waals surface area contributed by atoms with Crippen molar-refractivity contribution < 1.29 is 13.2 Å². The Morgan fingerprint density at radius 2 is 1.84 bits per heavy atom. The van der Waals surface area contributed by atoms with Gasteiger partial charge in [0.1, 0.15) is 15.7 Å². The topological polar surface area (TPSA) is 58.6 Å². The molecule has 2 unspecified atom stereocenters. The molecular weight excluding hydrogens is 383 g/mol. The number of methoxy groups -OCH3 is 1. The third-order valence-corrected chi connectivity index (χ3v) is 6.89. The first-order valence-electron chi connectivity index (χ1n) is 8.48. The number of piperidine rings is 1. The van der Waals surface area contributed by atoms with E-state index < -0.39 is 10.0 Å². The molecule has 1 fully saturated rings. The van der Waals surface area contributed by atoms with Gasteiger partial charge >= 0.3 is 0 Å². The van der Waals surface area contributed by atoms with Crippen LogP contribution in [0.3, 0.4) is 0 Å². The van der Waals surface area contributed by atoms with Crippen molar-refractivity contribution in [2.45, 2.75) is 31.6 Å². The fourth-order valence-corrected chi connectivity index (χ4v) is 5.35. The van der Waals surface area contributed by atoms with E-state index in [0.717, 1.165) is 26.1 Å². The average Bonchev–Trinajstić information content (AvgIpc) is 2.53. The van der Waals surface area contributed by atoms with Gasteiger partial charge in [0.2, 0.25) is 10.0 Å². The molecule has 0 bridgehead atoms. The van der Waals surface area contributed by atoms with Crippen molar-refractivity contribution in [1.29, 1.82) is 0 Å². The highest BCUT2D eigenvalue weighted by Crippen LogP contribution is 2.36. The molecule has 0 aliphatic carbocycles. The summed E-state index contributed by atoms with van der Waals surface area (Å²) >= 11 is 12.1. The fraction of sp³-hybridized carbons (Fsp3) is 0.647. The van der Waals surface area contributed by atoms with Crippen molar-refractivity contribution in [3.63, 3.8) is 0 Å². The molecular formula is C17H26Cl2N2O3S. The molecule has 1 aliphatic rings. The van der Waals surface area contributed by atoms with Crippen LogP contribution in [0.15, 0.2) is 17.0 Å². The molecule has 25 heavy (non-hydrogen) atoms. The Kier molecular flexibility index (Phi) is 7.40. The number of nitrogens with zero attached hydrogens (tertiary/aromatic N) is 1. The summed E-state index contributed by atoms with van der Waals surface area (Å²) in [5, 5.41) is 0.0792. The van der Waals surface area contributed by atoms with Gasteiger partial charge in [0.15, 0.2) is 0 Å². The fourth-order valence-electron chi connectivity index (χ4n) is 3.44. The third kappa shape index (κ3) is 5.47. The molecule has 8 heteroatoms. The van der Waals surface area contributed by atoms with E-state index in [4.69, 9.17) is 27.9 Å². The zero-order valence-corrected chi connectivity index (χ0v) is 17.2. The molecule has 0 amide bonds. The third-order valence-electron chi connectivity index (χ3n) is 4.41. The second-order valence-electron chi connectivity index (χ2n) is 6.85. The van der Waals surface area contributed by atoms with E-state index in [1.165, 1.54) is 25.7 Å². The maximum atomic E-state index is 12.5. The molecule has 0 spiro atoms. The Morgan fingerprint density at radius 1 is 1.20 bits per heavy atom. The van der Waals surface area contributed by atoms with Crippen molar-refractivity contribution in [2.75, 3.05) is 33.3 Å². The van der Waals surface area contributed by atoms with E-state index >= 15 is 0 Å². The molecule has 1 N–H and O–H groups in total. The minimum Gasteiger partial charge on any atom is -0.495 e. The van der Waals surface area contributed by atoms with Crippen LogP contribution in [-0.4, -0.2) is 46.6 Å². The highest BCUT2D eigenvalue weighted by molar-refractivity contribution is 7.89. The average molecular weight is 409 g/mol. The van der Waals surface area contributed by atoms with Gasteiger partial charge in [-0.25, -0.2) is 13.1 Å². The Bertz CT molecular complexity index is 687. The van der Waals surface area contributed by atoms with Gasteiger partial charge in [0, 0.05) is 19.6 Å².